The first-order valence-electron chi connectivity index (χ1n) is 2.26. The van der Waals surface area contributed by atoms with Gasteiger partial charge in [-0.05, 0) is 12.1 Å². The molecule has 0 aliphatic heterocycles. The van der Waals surface area contributed by atoms with Gasteiger partial charge in [0.05, 0.1) is 0 Å². The molecule has 0 fully saturated rings. The molecule has 1 aromatic carbocycles. The molecule has 1 N–H and O–H groups in total. The number of halogens is 1. The van der Waals surface area contributed by atoms with Gasteiger partial charge in [-0.1, -0.05) is 23.7 Å². The minimum absolute atomic E-state index is 0. The zero-order valence-electron chi connectivity index (χ0n) is 4.76. The summed E-state index contributed by atoms with van der Waals surface area (Å²) in [6.45, 7) is 0. The van der Waals surface area contributed by atoms with E-state index in [-0.39, 0.29) is 32.7 Å². The first kappa shape index (κ1) is 9.41. The van der Waals surface area contributed by atoms with Crippen molar-refractivity contribution in [3.8, 4) is 0 Å². The Morgan fingerprint density at radius 3 is 1.89 bits per heavy atom. The van der Waals surface area contributed by atoms with E-state index in [1.807, 2.05) is 0 Å². The molecule has 0 saturated carbocycles. The van der Waals surface area contributed by atoms with Crippen LogP contribution in [-0.2, 0) is 32.7 Å². The fraction of sp³-hybridized carbons (Fsp3) is 0. The molecular weight excluding hydrogens is 210 g/mol. The van der Waals surface area contributed by atoms with E-state index >= 15 is 0 Å². The van der Waals surface area contributed by atoms with E-state index in [4.69, 9.17) is 17.3 Å². The third-order valence-electron chi connectivity index (χ3n) is 0.844. The Hall–Kier alpha value is 0.414. The van der Waals surface area contributed by atoms with Crippen molar-refractivity contribution >= 4 is 17.3 Å². The molecule has 1 nitrogen and oxygen atoms in total. The molecule has 9 heavy (non-hydrogen) atoms. The minimum Gasteiger partial charge on any atom is -0.699 e. The zero-order valence-corrected chi connectivity index (χ0v) is 8.36. The van der Waals surface area contributed by atoms with Crippen molar-refractivity contribution in [3.05, 3.63) is 35.0 Å². The molecule has 0 unspecified atom stereocenters. The minimum atomic E-state index is 0. The van der Waals surface area contributed by atoms with E-state index in [2.05, 4.69) is 0 Å². The average molecular weight is 215 g/mol. The van der Waals surface area contributed by atoms with Gasteiger partial charge in [0.1, 0.15) is 0 Å². The number of hydrogen-bond acceptors (Lipinski definition) is 0. The SMILES string of the molecule is [NH-]c1ccc(Cl)cc1.[Y]. The molecule has 0 aliphatic rings. The van der Waals surface area contributed by atoms with Crippen molar-refractivity contribution in [3.63, 3.8) is 0 Å². The fourth-order valence-electron chi connectivity index (χ4n) is 0.450. The summed E-state index contributed by atoms with van der Waals surface area (Å²) in [5.74, 6) is 0. The van der Waals surface area contributed by atoms with Gasteiger partial charge in [-0.15, -0.1) is 5.69 Å². The standard InChI is InChI=1S/C6H5ClN.Y/c7-5-1-3-6(8)4-2-5;/h1-4,8H;/q-1;. The van der Waals surface area contributed by atoms with E-state index in [0.29, 0.717) is 10.7 Å². The summed E-state index contributed by atoms with van der Waals surface area (Å²) in [7, 11) is 0. The Kier molecular flexibility index (Phi) is 4.46. The van der Waals surface area contributed by atoms with Gasteiger partial charge in [0, 0.05) is 37.7 Å². The second-order valence-corrected chi connectivity index (χ2v) is 1.94. The van der Waals surface area contributed by atoms with Crippen LogP contribution < -0.4 is 0 Å². The van der Waals surface area contributed by atoms with Crippen LogP contribution in [0, 0.1) is 0 Å². The smallest absolute Gasteiger partial charge is 0.0405 e. The van der Waals surface area contributed by atoms with Crippen LogP contribution in [0.15, 0.2) is 24.3 Å². The topological polar surface area (TPSA) is 23.8 Å². The molecule has 0 atom stereocenters. The van der Waals surface area contributed by atoms with E-state index < -0.39 is 0 Å². The second kappa shape index (κ2) is 4.26. The summed E-state index contributed by atoms with van der Waals surface area (Å²) in [6.07, 6.45) is 0. The average Bonchev–Trinajstić information content (AvgIpc) is 1.77. The maximum Gasteiger partial charge on any atom is 0.0405 e. The first-order valence-corrected chi connectivity index (χ1v) is 2.64. The molecular formula is C6H5ClNY-. The zero-order chi connectivity index (χ0) is 5.98. The Balaban J connectivity index is 0.000000640. The third-order valence-corrected chi connectivity index (χ3v) is 1.10. The van der Waals surface area contributed by atoms with Crippen LogP contribution in [-0.4, -0.2) is 0 Å². The van der Waals surface area contributed by atoms with Crippen molar-refractivity contribution in [2.24, 2.45) is 0 Å². The molecule has 0 aromatic heterocycles. The van der Waals surface area contributed by atoms with Crippen LogP contribution in [0.5, 0.6) is 0 Å². The molecule has 0 aliphatic carbocycles. The quantitative estimate of drug-likeness (QED) is 0.635. The van der Waals surface area contributed by atoms with Gasteiger partial charge in [0.15, 0.2) is 0 Å². The largest absolute Gasteiger partial charge is 0.699 e. The number of hydrogen-bond donors (Lipinski definition) is 0. The van der Waals surface area contributed by atoms with Gasteiger partial charge in [-0.2, -0.15) is 0 Å². The van der Waals surface area contributed by atoms with Gasteiger partial charge in [0.25, 0.3) is 0 Å². The molecule has 0 bridgehead atoms. The summed E-state index contributed by atoms with van der Waals surface area (Å²) in [5, 5.41) is 0.681. The van der Waals surface area contributed by atoms with Gasteiger partial charge in [-0.25, -0.2) is 0 Å². The van der Waals surface area contributed by atoms with Crippen LogP contribution in [0.4, 0.5) is 5.69 Å². The van der Waals surface area contributed by atoms with Crippen LogP contribution in [0.3, 0.4) is 0 Å². The van der Waals surface area contributed by atoms with E-state index in [9.17, 15) is 0 Å². The van der Waals surface area contributed by atoms with Crippen molar-refractivity contribution in [1.82, 2.24) is 0 Å². The number of rotatable bonds is 0. The Morgan fingerprint density at radius 1 is 1.11 bits per heavy atom. The molecule has 1 aromatic rings. The maximum atomic E-state index is 7.03. The van der Waals surface area contributed by atoms with Crippen LogP contribution in [0.1, 0.15) is 0 Å². The predicted octanol–water partition coefficient (Wildman–Crippen LogP) is 3.02. The molecule has 0 saturated heterocycles. The van der Waals surface area contributed by atoms with E-state index in [1.165, 1.54) is 0 Å². The van der Waals surface area contributed by atoms with Gasteiger partial charge in [-0.3, -0.25) is 0 Å². The summed E-state index contributed by atoms with van der Waals surface area (Å²) in [4.78, 5) is 0. The molecule has 0 heterocycles. The number of benzene rings is 1. The normalized spacial score (nSPS) is 8.11. The molecule has 0 spiro atoms. The van der Waals surface area contributed by atoms with Crippen LogP contribution in [0.2, 0.25) is 5.02 Å². The fourth-order valence-corrected chi connectivity index (χ4v) is 0.576. The summed E-state index contributed by atoms with van der Waals surface area (Å²) >= 11 is 5.53. The van der Waals surface area contributed by atoms with E-state index in [1.54, 1.807) is 24.3 Å². The second-order valence-electron chi connectivity index (χ2n) is 1.51. The van der Waals surface area contributed by atoms with Gasteiger partial charge >= 0.3 is 0 Å². The molecule has 3 heteroatoms. The Morgan fingerprint density at radius 2 is 1.56 bits per heavy atom. The first-order chi connectivity index (χ1) is 3.79. The van der Waals surface area contributed by atoms with Gasteiger partial charge in [0.2, 0.25) is 0 Å². The summed E-state index contributed by atoms with van der Waals surface area (Å²) < 4.78 is 0. The summed E-state index contributed by atoms with van der Waals surface area (Å²) in [6, 6.07) is 6.71. The molecule has 1 radical (unpaired) electrons. The molecule has 0 amide bonds. The van der Waals surface area contributed by atoms with Gasteiger partial charge < -0.3 is 5.73 Å². The van der Waals surface area contributed by atoms with Crippen LogP contribution in [0.25, 0.3) is 5.73 Å². The van der Waals surface area contributed by atoms with E-state index in [0.717, 1.165) is 0 Å². The maximum absolute atomic E-state index is 7.03. The van der Waals surface area contributed by atoms with Crippen molar-refractivity contribution in [2.75, 3.05) is 0 Å². The summed E-state index contributed by atoms with van der Waals surface area (Å²) in [5.41, 5.74) is 7.53. The number of nitrogens with one attached hydrogen (secondary N) is 1. The monoisotopic (exact) mass is 215 g/mol. The Bertz CT molecular complexity index is 152. The van der Waals surface area contributed by atoms with Crippen molar-refractivity contribution in [1.29, 1.82) is 0 Å². The van der Waals surface area contributed by atoms with Crippen molar-refractivity contribution < 1.29 is 32.7 Å². The van der Waals surface area contributed by atoms with Crippen LogP contribution >= 0.6 is 11.6 Å². The van der Waals surface area contributed by atoms with Crippen molar-refractivity contribution in [2.45, 2.75) is 0 Å². The Labute approximate surface area is 84.5 Å². The predicted molar refractivity (Wildman–Crippen MR) is 35.4 cm³/mol. The molecule has 1 rings (SSSR count). The third kappa shape index (κ3) is 3.19. The molecule has 45 valence electrons.